The van der Waals surface area contributed by atoms with E-state index < -0.39 is 0 Å². The average Bonchev–Trinajstić information content (AvgIpc) is 3.04. The maximum absolute atomic E-state index is 12.9. The standard InChI is InChI=1S/C25H29BrN4O2/c1-3-23(31)29(19-10-6-4-7-11-19)20-14-16-28(17-15-20)18-22-24(26)25(32)30(27(22)2)21-12-8-5-9-13-21/h4-13,20H,3,14-18H2,1-2H3. The number of hydrogen-bond acceptors (Lipinski definition) is 3. The highest BCUT2D eigenvalue weighted by Crippen LogP contribution is 2.26. The van der Waals surface area contributed by atoms with Crippen LogP contribution in [0.15, 0.2) is 69.9 Å². The van der Waals surface area contributed by atoms with Crippen LogP contribution in [0.25, 0.3) is 5.69 Å². The number of carbonyl (C=O) groups excluding carboxylic acids is 1. The molecule has 0 atom stereocenters. The lowest BCUT2D eigenvalue weighted by Crippen LogP contribution is -2.47. The van der Waals surface area contributed by atoms with Gasteiger partial charge in [0.05, 0.1) is 11.4 Å². The first kappa shape index (κ1) is 22.6. The molecule has 1 aliphatic rings. The molecule has 32 heavy (non-hydrogen) atoms. The first-order chi connectivity index (χ1) is 15.5. The molecule has 1 amide bonds. The normalized spacial score (nSPS) is 15.1. The van der Waals surface area contributed by atoms with Crippen LogP contribution in [0, 0.1) is 0 Å². The lowest BCUT2D eigenvalue weighted by Gasteiger charge is -2.38. The molecule has 0 bridgehead atoms. The van der Waals surface area contributed by atoms with Crippen molar-refractivity contribution in [1.82, 2.24) is 14.3 Å². The molecule has 1 saturated heterocycles. The maximum Gasteiger partial charge on any atom is 0.286 e. The molecule has 1 fully saturated rings. The second-order valence-corrected chi connectivity index (χ2v) is 8.99. The third-order valence-electron chi connectivity index (χ3n) is 6.23. The fourth-order valence-corrected chi connectivity index (χ4v) is 5.06. The van der Waals surface area contributed by atoms with Crippen LogP contribution < -0.4 is 10.5 Å². The molecule has 168 valence electrons. The number of amides is 1. The fourth-order valence-electron chi connectivity index (χ4n) is 4.51. The largest absolute Gasteiger partial charge is 0.309 e. The summed E-state index contributed by atoms with van der Waals surface area (Å²) < 4.78 is 4.24. The van der Waals surface area contributed by atoms with Gasteiger partial charge in [0.25, 0.3) is 5.56 Å². The zero-order valence-electron chi connectivity index (χ0n) is 18.6. The lowest BCUT2D eigenvalue weighted by atomic mass is 10.0. The summed E-state index contributed by atoms with van der Waals surface area (Å²) in [5.41, 5.74) is 2.74. The number of carbonyl (C=O) groups is 1. The van der Waals surface area contributed by atoms with Crippen LogP contribution in [-0.2, 0) is 18.4 Å². The molecule has 0 saturated carbocycles. The molecule has 0 radical (unpaired) electrons. The summed E-state index contributed by atoms with van der Waals surface area (Å²) in [7, 11) is 1.93. The smallest absolute Gasteiger partial charge is 0.286 e. The highest BCUT2D eigenvalue weighted by molar-refractivity contribution is 9.10. The second-order valence-electron chi connectivity index (χ2n) is 8.20. The Morgan fingerprint density at radius 3 is 2.22 bits per heavy atom. The van der Waals surface area contributed by atoms with E-state index in [0.29, 0.717) is 17.4 Å². The first-order valence-corrected chi connectivity index (χ1v) is 11.9. The average molecular weight is 497 g/mol. The Balaban J connectivity index is 1.49. The maximum atomic E-state index is 12.9. The Morgan fingerprint density at radius 2 is 1.62 bits per heavy atom. The Bertz CT molecular complexity index is 1120. The third kappa shape index (κ3) is 4.45. The molecule has 1 aliphatic heterocycles. The number of hydrogen-bond donors (Lipinski definition) is 0. The molecule has 0 unspecified atom stereocenters. The molecular formula is C25H29BrN4O2. The van der Waals surface area contributed by atoms with Gasteiger partial charge in [0.15, 0.2) is 0 Å². The molecule has 4 rings (SSSR count). The predicted molar refractivity (Wildman–Crippen MR) is 131 cm³/mol. The second kappa shape index (κ2) is 9.88. The summed E-state index contributed by atoms with van der Waals surface area (Å²) in [6.45, 7) is 4.36. The molecule has 1 aromatic heterocycles. The van der Waals surface area contributed by atoms with Gasteiger partial charge < -0.3 is 4.90 Å². The third-order valence-corrected chi connectivity index (χ3v) is 7.02. The zero-order valence-corrected chi connectivity index (χ0v) is 20.2. The van der Waals surface area contributed by atoms with Crippen molar-refractivity contribution in [2.75, 3.05) is 18.0 Å². The van der Waals surface area contributed by atoms with Gasteiger partial charge in [0, 0.05) is 44.8 Å². The summed E-state index contributed by atoms with van der Waals surface area (Å²) in [6.07, 6.45) is 2.31. The van der Waals surface area contributed by atoms with Crippen molar-refractivity contribution in [1.29, 1.82) is 0 Å². The van der Waals surface area contributed by atoms with Gasteiger partial charge in [0.2, 0.25) is 5.91 Å². The number of piperidine rings is 1. The number of nitrogens with zero attached hydrogens (tertiary/aromatic N) is 4. The van der Waals surface area contributed by atoms with E-state index in [4.69, 9.17) is 0 Å². The lowest BCUT2D eigenvalue weighted by molar-refractivity contribution is -0.119. The van der Waals surface area contributed by atoms with Crippen molar-refractivity contribution >= 4 is 27.5 Å². The van der Waals surface area contributed by atoms with E-state index in [1.54, 1.807) is 4.68 Å². The monoisotopic (exact) mass is 496 g/mol. The summed E-state index contributed by atoms with van der Waals surface area (Å²) in [4.78, 5) is 30.0. The van der Waals surface area contributed by atoms with Gasteiger partial charge in [-0.05, 0) is 53.0 Å². The summed E-state index contributed by atoms with van der Waals surface area (Å²) >= 11 is 3.54. The van der Waals surface area contributed by atoms with Crippen molar-refractivity contribution in [3.05, 3.63) is 81.2 Å². The van der Waals surface area contributed by atoms with Crippen LogP contribution in [0.5, 0.6) is 0 Å². The molecule has 3 aromatic rings. The molecule has 7 heteroatoms. The Hall–Kier alpha value is -2.64. The Labute approximate surface area is 197 Å². The quantitative estimate of drug-likeness (QED) is 0.509. The van der Waals surface area contributed by atoms with Gasteiger partial charge in [-0.1, -0.05) is 43.3 Å². The number of benzene rings is 2. The van der Waals surface area contributed by atoms with Crippen LogP contribution >= 0.6 is 15.9 Å². The number of anilines is 1. The van der Waals surface area contributed by atoms with E-state index in [2.05, 4.69) is 20.8 Å². The van der Waals surface area contributed by atoms with Gasteiger partial charge in [-0.3, -0.25) is 19.2 Å². The number of aromatic nitrogens is 2. The van der Waals surface area contributed by atoms with Crippen LogP contribution in [-0.4, -0.2) is 39.3 Å². The van der Waals surface area contributed by atoms with E-state index in [-0.39, 0.29) is 17.5 Å². The Kier molecular flexibility index (Phi) is 6.96. The van der Waals surface area contributed by atoms with E-state index >= 15 is 0 Å². The van der Waals surface area contributed by atoms with Crippen LogP contribution in [0.4, 0.5) is 5.69 Å². The molecule has 0 aliphatic carbocycles. The van der Waals surface area contributed by atoms with E-state index in [1.165, 1.54) is 0 Å². The fraction of sp³-hybridized carbons (Fsp3) is 0.360. The van der Waals surface area contributed by atoms with Gasteiger partial charge in [0.1, 0.15) is 4.47 Å². The minimum atomic E-state index is -0.0487. The van der Waals surface area contributed by atoms with Crippen molar-refractivity contribution in [2.24, 2.45) is 7.05 Å². The van der Waals surface area contributed by atoms with Crippen molar-refractivity contribution in [3.8, 4) is 5.69 Å². The number of likely N-dealkylation sites (tertiary alicyclic amines) is 1. The van der Waals surface area contributed by atoms with Crippen LogP contribution in [0.1, 0.15) is 31.9 Å². The predicted octanol–water partition coefficient (Wildman–Crippen LogP) is 4.35. The summed E-state index contributed by atoms with van der Waals surface area (Å²) in [5, 5.41) is 0. The first-order valence-electron chi connectivity index (χ1n) is 11.1. The minimum Gasteiger partial charge on any atom is -0.309 e. The van der Waals surface area contributed by atoms with Crippen molar-refractivity contribution < 1.29 is 4.79 Å². The molecule has 2 heterocycles. The molecular weight excluding hydrogens is 468 g/mol. The van der Waals surface area contributed by atoms with Crippen LogP contribution in [0.2, 0.25) is 0 Å². The van der Waals surface area contributed by atoms with Gasteiger partial charge in [-0.15, -0.1) is 0 Å². The zero-order chi connectivity index (χ0) is 22.7. The van der Waals surface area contributed by atoms with Gasteiger partial charge in [-0.25, -0.2) is 4.68 Å². The van der Waals surface area contributed by atoms with Crippen molar-refractivity contribution in [2.45, 2.75) is 38.8 Å². The van der Waals surface area contributed by atoms with E-state index in [1.807, 2.05) is 84.2 Å². The van der Waals surface area contributed by atoms with Crippen molar-refractivity contribution in [3.63, 3.8) is 0 Å². The number of halogens is 1. The molecule has 6 nitrogen and oxygen atoms in total. The van der Waals surface area contributed by atoms with E-state index in [0.717, 1.165) is 43.0 Å². The molecule has 0 N–H and O–H groups in total. The number of rotatable bonds is 6. The topological polar surface area (TPSA) is 50.5 Å². The SMILES string of the molecule is CCC(=O)N(c1ccccc1)C1CCN(Cc2c(Br)c(=O)n(-c3ccccc3)n2C)CC1. The van der Waals surface area contributed by atoms with Crippen LogP contribution in [0.3, 0.4) is 0 Å². The Morgan fingerprint density at radius 1 is 1.03 bits per heavy atom. The highest BCUT2D eigenvalue weighted by Gasteiger charge is 2.29. The minimum absolute atomic E-state index is 0.0487. The summed E-state index contributed by atoms with van der Waals surface area (Å²) in [6, 6.07) is 19.8. The summed E-state index contributed by atoms with van der Waals surface area (Å²) in [5.74, 6) is 0.166. The van der Waals surface area contributed by atoms with Gasteiger partial charge >= 0.3 is 0 Å². The molecule has 0 spiro atoms. The molecule has 2 aromatic carbocycles. The van der Waals surface area contributed by atoms with Gasteiger partial charge in [-0.2, -0.15) is 0 Å². The highest BCUT2D eigenvalue weighted by atomic mass is 79.9. The van der Waals surface area contributed by atoms with E-state index in [9.17, 15) is 9.59 Å². The number of para-hydroxylation sites is 2.